The van der Waals surface area contributed by atoms with Gasteiger partial charge in [-0.05, 0) is 0 Å². The van der Waals surface area contributed by atoms with Gasteiger partial charge in [0.1, 0.15) is 7.55 Å². The maximum Gasteiger partial charge on any atom is 0.433 e. The molecule has 0 saturated carbocycles. The van der Waals surface area contributed by atoms with Crippen molar-refractivity contribution in [2.45, 2.75) is 0 Å². The molecular weight excluding hydrogens is 193 g/mol. The number of aliphatic imine (C=N–C) groups is 1. The Hall–Kier alpha value is -1.22. The van der Waals surface area contributed by atoms with Crippen LogP contribution in [-0.4, -0.2) is 49.1 Å². The van der Waals surface area contributed by atoms with Gasteiger partial charge in [0.25, 0.3) is 0 Å². The summed E-state index contributed by atoms with van der Waals surface area (Å²) in [5.74, 6) is -1.05. The Morgan fingerprint density at radius 1 is 1.46 bits per heavy atom. The topological polar surface area (TPSA) is 76.0 Å². The number of carbonyl (C=O) groups is 2. The largest absolute Gasteiger partial charge is 0.475 e. The fourth-order valence-corrected chi connectivity index (χ4v) is 1.20. The Kier molecular flexibility index (Phi) is 4.92. The molecule has 13 heavy (non-hydrogen) atoms. The number of rotatable bonds is 2. The highest BCUT2D eigenvalue weighted by Gasteiger charge is 2.16. The highest BCUT2D eigenvalue weighted by atomic mass is 31.1. The molecule has 0 unspecified atom stereocenters. The smallest absolute Gasteiger partial charge is 0.433 e. The normalized spacial score (nSPS) is 9.77. The number of amides is 1. The zero-order valence-corrected chi connectivity index (χ0v) is 8.54. The molecule has 0 aromatic carbocycles. The number of ether oxygens (including phenoxy) is 1. The summed E-state index contributed by atoms with van der Waals surface area (Å²) in [4.78, 5) is 24.4. The third-order valence-electron chi connectivity index (χ3n) is 1.17. The van der Waals surface area contributed by atoms with Crippen LogP contribution in [0, 0.1) is 0 Å². The molecule has 0 spiro atoms. The van der Waals surface area contributed by atoms with Crippen LogP contribution in [0.4, 0.5) is 4.79 Å². The van der Waals surface area contributed by atoms with Gasteiger partial charge in [-0.25, -0.2) is 9.59 Å². The van der Waals surface area contributed by atoms with E-state index in [0.717, 1.165) is 6.21 Å². The molecule has 0 saturated heterocycles. The zero-order valence-electron chi connectivity index (χ0n) is 7.64. The van der Waals surface area contributed by atoms with E-state index in [-0.39, 0.29) is 5.29 Å². The van der Waals surface area contributed by atoms with Gasteiger partial charge in [-0.15, -0.1) is 0 Å². The number of carbonyl (C=O) groups excluding carboxylic acids is 1. The second-order valence-electron chi connectivity index (χ2n) is 2.31. The van der Waals surface area contributed by atoms with Crippen molar-refractivity contribution in [2.24, 2.45) is 4.99 Å². The predicted molar refractivity (Wildman–Crippen MR) is 52.3 cm³/mol. The van der Waals surface area contributed by atoms with Gasteiger partial charge in [0, 0.05) is 0 Å². The van der Waals surface area contributed by atoms with E-state index in [1.165, 1.54) is 7.11 Å². The summed E-state index contributed by atoms with van der Waals surface area (Å²) in [6.07, 6.45) is 0.246. The number of aliphatic carboxylic acids is 1. The van der Waals surface area contributed by atoms with Gasteiger partial charge in [-0.2, -0.15) is 4.99 Å². The first-order valence-electron chi connectivity index (χ1n) is 3.38. The molecule has 0 heterocycles. The SMILES string of the molecule is COC(=O)N=CC(C(=O)O)=[P+](C)C. The Bertz CT molecular complexity index is 278. The van der Waals surface area contributed by atoms with Gasteiger partial charge in [-0.3, -0.25) is 0 Å². The maximum absolute atomic E-state index is 10.6. The average molecular weight is 204 g/mol. The van der Waals surface area contributed by atoms with Crippen LogP contribution in [0.15, 0.2) is 4.99 Å². The van der Waals surface area contributed by atoms with Gasteiger partial charge in [0.2, 0.25) is 5.29 Å². The first kappa shape index (κ1) is 11.8. The monoisotopic (exact) mass is 204 g/mol. The summed E-state index contributed by atoms with van der Waals surface area (Å²) in [6.45, 7) is 3.53. The third kappa shape index (κ3) is 4.38. The van der Waals surface area contributed by atoms with Gasteiger partial charge in [0.15, 0.2) is 0 Å². The lowest BCUT2D eigenvalue weighted by molar-refractivity contribution is -0.128. The van der Waals surface area contributed by atoms with Crippen LogP contribution in [0.25, 0.3) is 0 Å². The van der Waals surface area contributed by atoms with Crippen molar-refractivity contribution in [1.29, 1.82) is 0 Å². The van der Waals surface area contributed by atoms with E-state index in [4.69, 9.17) is 5.11 Å². The van der Waals surface area contributed by atoms with Crippen molar-refractivity contribution in [2.75, 3.05) is 20.4 Å². The summed E-state index contributed by atoms with van der Waals surface area (Å²) >= 11 is 0. The molecule has 72 valence electrons. The minimum atomic E-state index is -1.05. The number of carboxylic acid groups (broad SMARTS) is 1. The fraction of sp³-hybridized carbons (Fsp3) is 0.429. The average Bonchev–Trinajstić information content (AvgIpc) is 2.03. The predicted octanol–water partition coefficient (Wildman–Crippen LogP) is 0.822. The van der Waals surface area contributed by atoms with E-state index in [1.807, 2.05) is 0 Å². The van der Waals surface area contributed by atoms with Gasteiger partial charge >= 0.3 is 12.1 Å². The summed E-state index contributed by atoms with van der Waals surface area (Å²) in [5, 5.41) is 8.80. The number of methoxy groups -OCH3 is 1. The van der Waals surface area contributed by atoms with Gasteiger partial charge in [-0.1, -0.05) is 0 Å². The molecule has 0 aromatic rings. The summed E-state index contributed by atoms with van der Waals surface area (Å²) in [5.41, 5.74) is 0. The van der Waals surface area contributed by atoms with E-state index >= 15 is 0 Å². The van der Waals surface area contributed by atoms with E-state index in [0.29, 0.717) is 0 Å². The minimum absolute atomic E-state index is 0.139. The maximum atomic E-state index is 10.6. The van der Waals surface area contributed by atoms with E-state index < -0.39 is 19.6 Å². The first-order chi connectivity index (χ1) is 5.99. The van der Waals surface area contributed by atoms with Gasteiger partial charge in [0.05, 0.1) is 26.7 Å². The molecule has 0 bridgehead atoms. The number of hydrogen-bond acceptors (Lipinski definition) is 3. The van der Waals surface area contributed by atoms with Crippen molar-refractivity contribution in [1.82, 2.24) is 0 Å². The van der Waals surface area contributed by atoms with Crippen LogP contribution >= 0.6 is 7.55 Å². The zero-order chi connectivity index (χ0) is 10.4. The molecule has 6 heteroatoms. The first-order valence-corrected chi connectivity index (χ1v) is 5.62. The van der Waals surface area contributed by atoms with Crippen LogP contribution in [0.5, 0.6) is 0 Å². The van der Waals surface area contributed by atoms with Gasteiger partial charge < -0.3 is 9.84 Å². The van der Waals surface area contributed by atoms with Crippen molar-refractivity contribution in [3.63, 3.8) is 0 Å². The van der Waals surface area contributed by atoms with Crippen molar-refractivity contribution in [3.05, 3.63) is 0 Å². The van der Waals surface area contributed by atoms with Crippen LogP contribution in [-0.2, 0) is 9.53 Å². The van der Waals surface area contributed by atoms with Crippen molar-refractivity contribution in [3.8, 4) is 0 Å². The summed E-state index contributed by atoms with van der Waals surface area (Å²) in [6, 6.07) is 0. The molecule has 0 aromatic heterocycles. The van der Waals surface area contributed by atoms with Crippen molar-refractivity contribution < 1.29 is 19.4 Å². The Balaban J connectivity index is 4.66. The van der Waals surface area contributed by atoms with E-state index in [1.54, 1.807) is 13.3 Å². The summed E-state index contributed by atoms with van der Waals surface area (Å²) < 4.78 is 4.22. The molecular formula is C7H11NO4P+. The van der Waals surface area contributed by atoms with E-state index in [9.17, 15) is 9.59 Å². The van der Waals surface area contributed by atoms with Crippen LogP contribution in [0.3, 0.4) is 0 Å². The lowest BCUT2D eigenvalue weighted by Gasteiger charge is -1.89. The molecule has 0 aliphatic rings. The quantitative estimate of drug-likeness (QED) is 0.533. The molecule has 0 fully saturated rings. The Labute approximate surface area is 76.8 Å². The molecule has 0 atom stereocenters. The Morgan fingerprint density at radius 3 is 2.31 bits per heavy atom. The number of carboxylic acids is 1. The molecule has 1 amide bonds. The van der Waals surface area contributed by atoms with Crippen LogP contribution < -0.4 is 0 Å². The molecule has 1 N–H and O–H groups in total. The molecule has 0 rings (SSSR count). The lowest BCUT2D eigenvalue weighted by Crippen LogP contribution is -2.14. The number of hydrogen-bond donors (Lipinski definition) is 1. The lowest BCUT2D eigenvalue weighted by atomic mass is 10.5. The molecule has 0 radical (unpaired) electrons. The summed E-state index contributed by atoms with van der Waals surface area (Å²) in [7, 11) is 0.402. The van der Waals surface area contributed by atoms with Crippen LogP contribution in [0.1, 0.15) is 0 Å². The highest BCUT2D eigenvalue weighted by molar-refractivity contribution is 7.61. The third-order valence-corrected chi connectivity index (χ3v) is 2.44. The number of nitrogens with zero attached hydrogens (tertiary/aromatic N) is 1. The Morgan fingerprint density at radius 2 is 2.00 bits per heavy atom. The van der Waals surface area contributed by atoms with Crippen LogP contribution in [0.2, 0.25) is 0 Å². The minimum Gasteiger partial charge on any atom is -0.475 e. The van der Waals surface area contributed by atoms with Crippen molar-refractivity contribution >= 4 is 31.1 Å². The second kappa shape index (κ2) is 5.43. The fourth-order valence-electron chi connectivity index (χ4n) is 0.529. The highest BCUT2D eigenvalue weighted by Crippen LogP contribution is 2.11. The standard InChI is InChI=1S/C7H10NO4P/c1-12-7(11)8-4-5(6(9)10)13(2)3/h4H,1-3H3/p+1. The molecule has 5 nitrogen and oxygen atoms in total. The van der Waals surface area contributed by atoms with E-state index in [2.05, 4.69) is 9.73 Å². The molecule has 0 aliphatic heterocycles. The second-order valence-corrected chi connectivity index (χ2v) is 4.58. The molecule has 0 aliphatic carbocycles.